The third-order valence-corrected chi connectivity index (χ3v) is 3.57. The SMILES string of the molecule is COCCN(CC(C)C)c1ccc(CCN)cc1Br. The van der Waals surface area contributed by atoms with E-state index >= 15 is 0 Å². The van der Waals surface area contributed by atoms with E-state index < -0.39 is 0 Å². The van der Waals surface area contributed by atoms with Gasteiger partial charge >= 0.3 is 0 Å². The van der Waals surface area contributed by atoms with Crippen molar-refractivity contribution in [3.8, 4) is 0 Å². The molecule has 1 rings (SSSR count). The van der Waals surface area contributed by atoms with E-state index in [1.165, 1.54) is 11.3 Å². The molecule has 19 heavy (non-hydrogen) atoms. The van der Waals surface area contributed by atoms with Gasteiger partial charge in [0.1, 0.15) is 0 Å². The molecular formula is C15H25BrN2O. The highest BCUT2D eigenvalue weighted by molar-refractivity contribution is 9.10. The number of ether oxygens (including phenoxy) is 1. The number of methoxy groups -OCH3 is 1. The Hall–Kier alpha value is -0.580. The van der Waals surface area contributed by atoms with Gasteiger partial charge in [0.25, 0.3) is 0 Å². The van der Waals surface area contributed by atoms with Crippen LogP contribution in [0.2, 0.25) is 0 Å². The van der Waals surface area contributed by atoms with Crippen LogP contribution in [0.3, 0.4) is 0 Å². The Balaban J connectivity index is 2.87. The number of halogens is 1. The van der Waals surface area contributed by atoms with Crippen molar-refractivity contribution in [3.63, 3.8) is 0 Å². The first-order chi connectivity index (χ1) is 9.08. The number of rotatable bonds is 8. The van der Waals surface area contributed by atoms with Gasteiger partial charge in [-0.1, -0.05) is 19.9 Å². The molecule has 0 unspecified atom stereocenters. The molecule has 0 amide bonds. The molecular weight excluding hydrogens is 304 g/mol. The van der Waals surface area contributed by atoms with Crippen molar-refractivity contribution in [2.24, 2.45) is 11.7 Å². The smallest absolute Gasteiger partial charge is 0.0637 e. The number of hydrogen-bond acceptors (Lipinski definition) is 3. The monoisotopic (exact) mass is 328 g/mol. The Morgan fingerprint density at radius 2 is 2.11 bits per heavy atom. The minimum absolute atomic E-state index is 0.618. The summed E-state index contributed by atoms with van der Waals surface area (Å²) in [4.78, 5) is 2.37. The fraction of sp³-hybridized carbons (Fsp3) is 0.600. The van der Waals surface area contributed by atoms with Gasteiger partial charge in [0, 0.05) is 24.7 Å². The lowest BCUT2D eigenvalue weighted by molar-refractivity contribution is 0.204. The Labute approximate surface area is 125 Å². The van der Waals surface area contributed by atoms with Crippen LogP contribution in [0.1, 0.15) is 19.4 Å². The molecule has 0 aliphatic rings. The highest BCUT2D eigenvalue weighted by atomic mass is 79.9. The normalized spacial score (nSPS) is 11.1. The summed E-state index contributed by atoms with van der Waals surface area (Å²) in [5, 5.41) is 0. The van der Waals surface area contributed by atoms with Gasteiger partial charge in [-0.25, -0.2) is 0 Å². The van der Waals surface area contributed by atoms with Crippen molar-refractivity contribution in [1.29, 1.82) is 0 Å². The van der Waals surface area contributed by atoms with Crippen molar-refractivity contribution in [2.45, 2.75) is 20.3 Å². The maximum Gasteiger partial charge on any atom is 0.0637 e. The van der Waals surface area contributed by atoms with Crippen molar-refractivity contribution in [1.82, 2.24) is 0 Å². The van der Waals surface area contributed by atoms with Crippen molar-refractivity contribution < 1.29 is 4.74 Å². The summed E-state index contributed by atoms with van der Waals surface area (Å²) in [6.45, 7) is 7.82. The number of nitrogens with zero attached hydrogens (tertiary/aromatic N) is 1. The van der Waals surface area contributed by atoms with Gasteiger partial charge in [-0.2, -0.15) is 0 Å². The Bertz CT molecular complexity index is 382. The number of anilines is 1. The van der Waals surface area contributed by atoms with Gasteiger partial charge in [-0.3, -0.25) is 0 Å². The average molecular weight is 329 g/mol. The fourth-order valence-electron chi connectivity index (χ4n) is 2.08. The van der Waals surface area contributed by atoms with Crippen LogP contribution < -0.4 is 10.6 Å². The summed E-state index contributed by atoms with van der Waals surface area (Å²) in [7, 11) is 1.74. The van der Waals surface area contributed by atoms with Crippen LogP contribution in [0.25, 0.3) is 0 Å². The van der Waals surface area contributed by atoms with Crippen LogP contribution in [-0.4, -0.2) is 33.4 Å². The van der Waals surface area contributed by atoms with Crippen LogP contribution in [0.5, 0.6) is 0 Å². The van der Waals surface area contributed by atoms with Crippen molar-refractivity contribution in [3.05, 3.63) is 28.2 Å². The summed E-state index contributed by atoms with van der Waals surface area (Å²) < 4.78 is 6.34. The summed E-state index contributed by atoms with van der Waals surface area (Å²) >= 11 is 3.68. The van der Waals surface area contributed by atoms with Gasteiger partial charge in [0.05, 0.1) is 12.3 Å². The minimum atomic E-state index is 0.618. The molecule has 3 nitrogen and oxygen atoms in total. The van der Waals surface area contributed by atoms with Crippen LogP contribution in [0, 0.1) is 5.92 Å². The molecule has 0 radical (unpaired) electrons. The lowest BCUT2D eigenvalue weighted by Crippen LogP contribution is -2.31. The van der Waals surface area contributed by atoms with E-state index in [9.17, 15) is 0 Å². The predicted octanol–water partition coefficient (Wildman–Crippen LogP) is 3.06. The summed E-state index contributed by atoms with van der Waals surface area (Å²) in [6.07, 6.45) is 0.918. The first-order valence-corrected chi connectivity index (χ1v) is 7.60. The molecule has 1 aromatic rings. The molecule has 108 valence electrons. The number of nitrogens with two attached hydrogens (primary N) is 1. The zero-order valence-electron chi connectivity index (χ0n) is 12.2. The van der Waals surface area contributed by atoms with E-state index in [0.29, 0.717) is 12.5 Å². The van der Waals surface area contributed by atoms with Crippen LogP contribution in [0.4, 0.5) is 5.69 Å². The zero-order chi connectivity index (χ0) is 14.3. The maximum absolute atomic E-state index is 5.60. The maximum atomic E-state index is 5.60. The van der Waals surface area contributed by atoms with Gasteiger partial charge in [-0.05, 0) is 52.5 Å². The molecule has 0 aromatic heterocycles. The topological polar surface area (TPSA) is 38.5 Å². The van der Waals surface area contributed by atoms with E-state index in [1.807, 2.05) is 0 Å². The van der Waals surface area contributed by atoms with Crippen LogP contribution in [-0.2, 0) is 11.2 Å². The number of benzene rings is 1. The van der Waals surface area contributed by atoms with E-state index in [-0.39, 0.29) is 0 Å². The highest BCUT2D eigenvalue weighted by Gasteiger charge is 2.12. The van der Waals surface area contributed by atoms with E-state index in [4.69, 9.17) is 10.5 Å². The summed E-state index contributed by atoms with van der Waals surface area (Å²) in [5.41, 5.74) is 8.10. The first kappa shape index (κ1) is 16.5. The lowest BCUT2D eigenvalue weighted by atomic mass is 10.1. The molecule has 0 saturated carbocycles. The molecule has 0 heterocycles. The first-order valence-electron chi connectivity index (χ1n) is 6.80. The quantitative estimate of drug-likeness (QED) is 0.797. The van der Waals surface area contributed by atoms with Crippen LogP contribution in [0.15, 0.2) is 22.7 Å². The molecule has 0 fully saturated rings. The molecule has 0 spiro atoms. The van der Waals surface area contributed by atoms with Gasteiger partial charge in [-0.15, -0.1) is 0 Å². The summed E-state index contributed by atoms with van der Waals surface area (Å²) in [6, 6.07) is 6.50. The summed E-state index contributed by atoms with van der Waals surface area (Å²) in [5.74, 6) is 0.618. The predicted molar refractivity (Wildman–Crippen MR) is 85.8 cm³/mol. The Kier molecular flexibility index (Phi) is 7.42. The zero-order valence-corrected chi connectivity index (χ0v) is 13.7. The molecule has 0 atom stereocenters. The van der Waals surface area contributed by atoms with Gasteiger partial charge in [0.15, 0.2) is 0 Å². The van der Waals surface area contributed by atoms with Gasteiger partial charge < -0.3 is 15.4 Å². The molecule has 4 heteroatoms. The van der Waals surface area contributed by atoms with E-state index in [1.54, 1.807) is 7.11 Å². The fourth-order valence-corrected chi connectivity index (χ4v) is 2.76. The van der Waals surface area contributed by atoms with Gasteiger partial charge in [0.2, 0.25) is 0 Å². The van der Waals surface area contributed by atoms with Crippen molar-refractivity contribution >= 4 is 21.6 Å². The van der Waals surface area contributed by atoms with Crippen LogP contribution >= 0.6 is 15.9 Å². The minimum Gasteiger partial charge on any atom is -0.383 e. The highest BCUT2D eigenvalue weighted by Crippen LogP contribution is 2.28. The molecule has 2 N–H and O–H groups in total. The van der Waals surface area contributed by atoms with Crippen molar-refractivity contribution in [2.75, 3.05) is 38.3 Å². The Morgan fingerprint density at radius 3 is 2.63 bits per heavy atom. The standard InChI is InChI=1S/C15H25BrN2O/c1-12(2)11-18(8-9-19-3)15-5-4-13(6-7-17)10-14(15)16/h4-5,10,12H,6-9,11,17H2,1-3H3. The molecule has 0 aliphatic heterocycles. The van der Waals surface area contributed by atoms with E-state index in [0.717, 1.165) is 30.6 Å². The molecule has 1 aromatic carbocycles. The third kappa shape index (κ3) is 5.51. The second-order valence-corrected chi connectivity index (χ2v) is 6.01. The van der Waals surface area contributed by atoms with E-state index in [2.05, 4.69) is 52.9 Å². The molecule has 0 saturated heterocycles. The average Bonchev–Trinajstić information content (AvgIpc) is 2.35. The third-order valence-electron chi connectivity index (χ3n) is 2.94. The lowest BCUT2D eigenvalue weighted by Gasteiger charge is -2.27. The molecule has 0 aliphatic carbocycles. The second kappa shape index (κ2) is 8.56. The largest absolute Gasteiger partial charge is 0.383 e. The molecule has 0 bridgehead atoms. The number of hydrogen-bond donors (Lipinski definition) is 1. The second-order valence-electron chi connectivity index (χ2n) is 5.16. The Morgan fingerprint density at radius 1 is 1.37 bits per heavy atom.